The van der Waals surface area contributed by atoms with Crippen LogP contribution in [0, 0.1) is 17.3 Å². The van der Waals surface area contributed by atoms with Crippen LogP contribution in [0.1, 0.15) is 52.9 Å². The smallest absolute Gasteiger partial charge is 0.317 e. The number of carboxylic acids is 1. The lowest BCUT2D eigenvalue weighted by atomic mass is 9.79. The molecule has 1 saturated carbocycles. The van der Waals surface area contributed by atoms with E-state index in [2.05, 4.69) is 19.2 Å². The Kier molecular flexibility index (Phi) is 4.79. The van der Waals surface area contributed by atoms with Gasteiger partial charge in [0.2, 0.25) is 0 Å². The fourth-order valence-electron chi connectivity index (χ4n) is 3.54. The summed E-state index contributed by atoms with van der Waals surface area (Å²) in [5, 5.41) is 12.3. The van der Waals surface area contributed by atoms with Crippen LogP contribution in [0.5, 0.6) is 0 Å². The first kappa shape index (κ1) is 16.1. The van der Waals surface area contributed by atoms with Crippen LogP contribution in [-0.2, 0) is 4.79 Å². The van der Waals surface area contributed by atoms with Gasteiger partial charge in [0.05, 0.1) is 5.41 Å². The minimum atomic E-state index is -0.810. The molecular formula is C16H28N2O3. The lowest BCUT2D eigenvalue weighted by Gasteiger charge is -2.33. The summed E-state index contributed by atoms with van der Waals surface area (Å²) in [6.45, 7) is 7.06. The van der Waals surface area contributed by atoms with Crippen LogP contribution in [0.4, 0.5) is 4.79 Å². The standard InChI is InChI=1S/C16H28N2O3/c1-11(2)12-5-4-6-13(9-12)17-15(21)18-8-7-16(3,10-18)14(19)20/h11-13H,4-10H2,1-3H3,(H,17,21)(H,19,20). The van der Waals surface area contributed by atoms with Gasteiger partial charge >= 0.3 is 12.0 Å². The Balaban J connectivity index is 1.86. The zero-order valence-electron chi connectivity index (χ0n) is 13.4. The SMILES string of the molecule is CC(C)C1CCCC(NC(=O)N2CCC(C)(C(=O)O)C2)C1. The number of carbonyl (C=O) groups excluding carboxylic acids is 1. The average Bonchev–Trinajstić information content (AvgIpc) is 2.83. The minimum absolute atomic E-state index is 0.0885. The zero-order valence-corrected chi connectivity index (χ0v) is 13.4. The molecule has 120 valence electrons. The first-order valence-electron chi connectivity index (χ1n) is 8.10. The predicted molar refractivity (Wildman–Crippen MR) is 81.0 cm³/mol. The second kappa shape index (κ2) is 6.24. The largest absolute Gasteiger partial charge is 0.481 e. The minimum Gasteiger partial charge on any atom is -0.481 e. The second-order valence-electron chi connectivity index (χ2n) is 7.35. The Morgan fingerprint density at radius 3 is 2.62 bits per heavy atom. The summed E-state index contributed by atoms with van der Waals surface area (Å²) in [7, 11) is 0. The molecule has 1 aliphatic heterocycles. The van der Waals surface area contributed by atoms with Crippen LogP contribution in [0.15, 0.2) is 0 Å². The van der Waals surface area contributed by atoms with Crippen molar-refractivity contribution in [2.24, 2.45) is 17.3 Å². The van der Waals surface area contributed by atoms with Gasteiger partial charge in [-0.2, -0.15) is 0 Å². The fourth-order valence-corrected chi connectivity index (χ4v) is 3.54. The number of carbonyl (C=O) groups is 2. The van der Waals surface area contributed by atoms with Gasteiger partial charge < -0.3 is 15.3 Å². The lowest BCUT2D eigenvalue weighted by Crippen LogP contribution is -2.46. The van der Waals surface area contributed by atoms with Crippen LogP contribution in [-0.4, -0.2) is 41.1 Å². The number of rotatable bonds is 3. The van der Waals surface area contributed by atoms with Crippen molar-refractivity contribution in [1.29, 1.82) is 0 Å². The number of amides is 2. The van der Waals surface area contributed by atoms with Crippen LogP contribution in [0.2, 0.25) is 0 Å². The Labute approximate surface area is 127 Å². The molecule has 3 unspecified atom stereocenters. The summed E-state index contributed by atoms with van der Waals surface area (Å²) in [6.07, 6.45) is 5.05. The molecular weight excluding hydrogens is 268 g/mol. The van der Waals surface area contributed by atoms with Crippen LogP contribution in [0.25, 0.3) is 0 Å². The molecule has 0 aromatic rings. The molecule has 0 aromatic carbocycles. The molecule has 0 bridgehead atoms. The molecule has 21 heavy (non-hydrogen) atoms. The quantitative estimate of drug-likeness (QED) is 0.841. The van der Waals surface area contributed by atoms with Crippen molar-refractivity contribution in [3.8, 4) is 0 Å². The second-order valence-corrected chi connectivity index (χ2v) is 7.35. The highest BCUT2D eigenvalue weighted by Crippen LogP contribution is 2.32. The van der Waals surface area contributed by atoms with E-state index in [4.69, 9.17) is 0 Å². The summed E-state index contributed by atoms with van der Waals surface area (Å²) in [6, 6.07) is 0.157. The van der Waals surface area contributed by atoms with Gasteiger partial charge in [-0.3, -0.25) is 4.79 Å². The molecule has 2 N–H and O–H groups in total. The number of aliphatic carboxylic acids is 1. The Bertz CT molecular complexity index is 410. The summed E-state index contributed by atoms with van der Waals surface area (Å²) >= 11 is 0. The van der Waals surface area contributed by atoms with E-state index in [0.717, 1.165) is 12.8 Å². The van der Waals surface area contributed by atoms with E-state index in [9.17, 15) is 14.7 Å². The average molecular weight is 296 g/mol. The maximum atomic E-state index is 12.3. The maximum Gasteiger partial charge on any atom is 0.317 e. The molecule has 5 heteroatoms. The van der Waals surface area contributed by atoms with Crippen molar-refractivity contribution in [3.05, 3.63) is 0 Å². The predicted octanol–water partition coefficient (Wildman–Crippen LogP) is 2.71. The molecule has 0 radical (unpaired) electrons. The van der Waals surface area contributed by atoms with Gasteiger partial charge in [-0.05, 0) is 38.0 Å². The molecule has 2 aliphatic rings. The molecule has 1 heterocycles. The number of nitrogens with zero attached hydrogens (tertiary/aromatic N) is 1. The summed E-state index contributed by atoms with van der Waals surface area (Å²) < 4.78 is 0. The number of likely N-dealkylation sites (tertiary alicyclic amines) is 1. The fraction of sp³-hybridized carbons (Fsp3) is 0.875. The van der Waals surface area contributed by atoms with E-state index in [0.29, 0.717) is 31.3 Å². The summed E-state index contributed by atoms with van der Waals surface area (Å²) in [4.78, 5) is 25.2. The van der Waals surface area contributed by atoms with Crippen molar-refractivity contribution in [2.75, 3.05) is 13.1 Å². The molecule has 2 amide bonds. The van der Waals surface area contributed by atoms with Gasteiger partial charge in [-0.25, -0.2) is 4.79 Å². The summed E-state index contributed by atoms with van der Waals surface area (Å²) in [5.41, 5.74) is -0.787. The normalized spacial score (nSPS) is 33.2. The number of urea groups is 1. The molecule has 1 saturated heterocycles. The maximum absolute atomic E-state index is 12.3. The highest BCUT2D eigenvalue weighted by molar-refractivity contribution is 5.79. The number of hydrogen-bond acceptors (Lipinski definition) is 2. The van der Waals surface area contributed by atoms with Gasteiger partial charge in [0.15, 0.2) is 0 Å². The Morgan fingerprint density at radius 1 is 1.33 bits per heavy atom. The van der Waals surface area contributed by atoms with Gasteiger partial charge in [0, 0.05) is 19.1 Å². The van der Waals surface area contributed by atoms with Crippen LogP contribution >= 0.6 is 0 Å². The van der Waals surface area contributed by atoms with Gasteiger partial charge in [-0.1, -0.05) is 26.7 Å². The number of carboxylic acid groups (broad SMARTS) is 1. The summed E-state index contributed by atoms with van der Waals surface area (Å²) in [5.74, 6) is 0.536. The van der Waals surface area contributed by atoms with E-state index >= 15 is 0 Å². The molecule has 5 nitrogen and oxygen atoms in total. The third kappa shape index (κ3) is 3.69. The first-order chi connectivity index (χ1) is 9.82. The molecule has 2 fully saturated rings. The van der Waals surface area contributed by atoms with Crippen LogP contribution < -0.4 is 5.32 Å². The van der Waals surface area contributed by atoms with Gasteiger partial charge in [0.25, 0.3) is 0 Å². The Morgan fingerprint density at radius 2 is 2.05 bits per heavy atom. The van der Waals surface area contributed by atoms with Crippen LogP contribution in [0.3, 0.4) is 0 Å². The van der Waals surface area contributed by atoms with Crippen molar-refractivity contribution in [2.45, 2.75) is 58.9 Å². The Hall–Kier alpha value is -1.26. The van der Waals surface area contributed by atoms with Crippen molar-refractivity contribution < 1.29 is 14.7 Å². The molecule has 1 aliphatic carbocycles. The molecule has 0 aromatic heterocycles. The first-order valence-corrected chi connectivity index (χ1v) is 8.10. The molecule has 3 atom stereocenters. The van der Waals surface area contributed by atoms with E-state index in [1.165, 1.54) is 12.8 Å². The zero-order chi connectivity index (χ0) is 15.6. The third-order valence-electron chi connectivity index (χ3n) is 5.26. The monoisotopic (exact) mass is 296 g/mol. The van der Waals surface area contributed by atoms with Crippen molar-refractivity contribution in [1.82, 2.24) is 10.2 Å². The lowest BCUT2D eigenvalue weighted by molar-refractivity contribution is -0.146. The van der Waals surface area contributed by atoms with E-state index in [1.54, 1.807) is 11.8 Å². The molecule has 0 spiro atoms. The van der Waals surface area contributed by atoms with Gasteiger partial charge in [-0.15, -0.1) is 0 Å². The topological polar surface area (TPSA) is 69.6 Å². The van der Waals surface area contributed by atoms with Crippen molar-refractivity contribution in [3.63, 3.8) is 0 Å². The number of hydrogen-bond donors (Lipinski definition) is 2. The van der Waals surface area contributed by atoms with E-state index in [-0.39, 0.29) is 12.1 Å². The number of nitrogens with one attached hydrogen (secondary N) is 1. The van der Waals surface area contributed by atoms with E-state index < -0.39 is 11.4 Å². The van der Waals surface area contributed by atoms with Gasteiger partial charge in [0.1, 0.15) is 0 Å². The highest BCUT2D eigenvalue weighted by atomic mass is 16.4. The molecule has 2 rings (SSSR count). The van der Waals surface area contributed by atoms with E-state index in [1.807, 2.05) is 0 Å². The highest BCUT2D eigenvalue weighted by Gasteiger charge is 2.42. The third-order valence-corrected chi connectivity index (χ3v) is 5.26. The van der Waals surface area contributed by atoms with Crippen molar-refractivity contribution >= 4 is 12.0 Å².